The van der Waals surface area contributed by atoms with Gasteiger partial charge in [-0.15, -0.1) is 0 Å². The molecule has 0 aliphatic carbocycles. The molecule has 0 N–H and O–H groups in total. The lowest BCUT2D eigenvalue weighted by atomic mass is 10.0. The van der Waals surface area contributed by atoms with Crippen molar-refractivity contribution in [2.45, 2.75) is 323 Å². The highest BCUT2D eigenvalue weighted by molar-refractivity contribution is 5.71. The quantitative estimate of drug-likeness (QED) is 0.0344. The van der Waals surface area contributed by atoms with Gasteiger partial charge in [-0.25, -0.2) is 0 Å². The van der Waals surface area contributed by atoms with Crippen molar-refractivity contribution in [3.63, 3.8) is 0 Å². The number of hydrogen-bond acceptors (Lipinski definition) is 6. The molecular formula is C57H110O6. The summed E-state index contributed by atoms with van der Waals surface area (Å²) in [5, 5.41) is 0. The molecule has 63 heavy (non-hydrogen) atoms. The van der Waals surface area contributed by atoms with E-state index in [0.29, 0.717) is 19.3 Å². The van der Waals surface area contributed by atoms with Crippen LogP contribution in [0, 0.1) is 11.8 Å². The lowest BCUT2D eigenvalue weighted by Crippen LogP contribution is -2.30. The monoisotopic (exact) mass is 891 g/mol. The number of rotatable bonds is 51. The van der Waals surface area contributed by atoms with Gasteiger partial charge in [-0.2, -0.15) is 0 Å². The van der Waals surface area contributed by atoms with Crippen LogP contribution in [0.1, 0.15) is 317 Å². The maximum Gasteiger partial charge on any atom is 0.306 e. The Morgan fingerprint density at radius 3 is 0.778 bits per heavy atom. The van der Waals surface area contributed by atoms with E-state index in [-0.39, 0.29) is 31.1 Å². The van der Waals surface area contributed by atoms with Crippen molar-refractivity contribution < 1.29 is 28.6 Å². The first-order valence-corrected chi connectivity index (χ1v) is 28.2. The van der Waals surface area contributed by atoms with Crippen LogP contribution in [0.4, 0.5) is 0 Å². The summed E-state index contributed by atoms with van der Waals surface area (Å²) < 4.78 is 16.9. The summed E-state index contributed by atoms with van der Waals surface area (Å²) >= 11 is 0. The van der Waals surface area contributed by atoms with Crippen LogP contribution in [0.15, 0.2) is 0 Å². The molecule has 1 atom stereocenters. The molecule has 374 valence electrons. The van der Waals surface area contributed by atoms with Crippen LogP contribution < -0.4 is 0 Å². The standard InChI is InChI=1S/C57H110O6/c1-6-7-8-9-10-11-12-13-14-15-16-17-20-24-27-34-39-44-49-57(60)63-54(51-62-56(59)48-43-38-33-29-28-31-36-41-46-53(4)5)50-61-55(58)47-42-37-32-26-23-21-18-19-22-25-30-35-40-45-52(2)3/h52-54H,6-51H2,1-5H3/t54-/m0/s1. The van der Waals surface area contributed by atoms with E-state index in [1.165, 1.54) is 205 Å². The largest absolute Gasteiger partial charge is 0.462 e. The summed E-state index contributed by atoms with van der Waals surface area (Å²) in [4.78, 5) is 38.1. The van der Waals surface area contributed by atoms with Crippen molar-refractivity contribution in [2.75, 3.05) is 13.2 Å². The number of carbonyl (C=O) groups excluding carboxylic acids is 3. The van der Waals surface area contributed by atoms with E-state index in [1.807, 2.05) is 0 Å². The van der Waals surface area contributed by atoms with E-state index < -0.39 is 6.10 Å². The molecule has 0 aliphatic heterocycles. The maximum atomic E-state index is 12.8. The van der Waals surface area contributed by atoms with Crippen LogP contribution in [0.2, 0.25) is 0 Å². The Hall–Kier alpha value is -1.59. The van der Waals surface area contributed by atoms with E-state index in [0.717, 1.165) is 69.6 Å². The number of hydrogen-bond donors (Lipinski definition) is 0. The molecule has 0 aromatic rings. The lowest BCUT2D eigenvalue weighted by molar-refractivity contribution is -0.167. The van der Waals surface area contributed by atoms with Crippen LogP contribution in [-0.2, 0) is 28.6 Å². The first-order valence-electron chi connectivity index (χ1n) is 28.2. The average Bonchev–Trinajstić information content (AvgIpc) is 3.25. The molecule has 0 fully saturated rings. The van der Waals surface area contributed by atoms with Gasteiger partial charge in [0.25, 0.3) is 0 Å². The van der Waals surface area contributed by atoms with E-state index in [4.69, 9.17) is 14.2 Å². The molecule has 0 aromatic heterocycles. The zero-order valence-corrected chi connectivity index (χ0v) is 43.2. The summed E-state index contributed by atoms with van der Waals surface area (Å²) in [6.07, 6.45) is 52.4. The first-order chi connectivity index (χ1) is 30.7. The number of ether oxygens (including phenoxy) is 3. The van der Waals surface area contributed by atoms with Crippen molar-refractivity contribution in [1.29, 1.82) is 0 Å². The SMILES string of the molecule is CCCCCCCCCCCCCCCCCCCCC(=O)O[C@@H](COC(=O)CCCCCCCCCCCCCCCC(C)C)COC(=O)CCCCCCCCCCC(C)C. The average molecular weight is 892 g/mol. The highest BCUT2D eigenvalue weighted by Crippen LogP contribution is 2.18. The minimum absolute atomic E-state index is 0.0634. The normalized spacial score (nSPS) is 12.0. The van der Waals surface area contributed by atoms with Crippen LogP contribution in [0.25, 0.3) is 0 Å². The van der Waals surface area contributed by atoms with E-state index in [1.54, 1.807) is 0 Å². The van der Waals surface area contributed by atoms with Gasteiger partial charge in [-0.05, 0) is 31.1 Å². The molecule has 0 heterocycles. The summed E-state index contributed by atoms with van der Waals surface area (Å²) in [5.41, 5.74) is 0. The van der Waals surface area contributed by atoms with Crippen molar-refractivity contribution in [3.8, 4) is 0 Å². The Labute approximate surface area is 393 Å². The fourth-order valence-electron chi connectivity index (χ4n) is 8.70. The third-order valence-electron chi connectivity index (χ3n) is 13.0. The molecule has 0 rings (SSSR count). The summed E-state index contributed by atoms with van der Waals surface area (Å²) in [5.74, 6) is 0.792. The van der Waals surface area contributed by atoms with Gasteiger partial charge in [0.15, 0.2) is 6.10 Å². The predicted molar refractivity (Wildman–Crippen MR) is 270 cm³/mol. The zero-order chi connectivity index (χ0) is 46.1. The Morgan fingerprint density at radius 2 is 0.524 bits per heavy atom. The molecular weight excluding hydrogens is 781 g/mol. The molecule has 0 saturated carbocycles. The molecule has 0 unspecified atom stereocenters. The maximum absolute atomic E-state index is 12.8. The van der Waals surface area contributed by atoms with Crippen molar-refractivity contribution in [1.82, 2.24) is 0 Å². The molecule has 0 radical (unpaired) electrons. The molecule has 0 bridgehead atoms. The molecule has 0 spiro atoms. The molecule has 0 amide bonds. The number of carbonyl (C=O) groups is 3. The Kier molecular flexibility index (Phi) is 48.6. The van der Waals surface area contributed by atoms with Crippen LogP contribution in [0.3, 0.4) is 0 Å². The van der Waals surface area contributed by atoms with Gasteiger partial charge < -0.3 is 14.2 Å². The van der Waals surface area contributed by atoms with Crippen LogP contribution in [0.5, 0.6) is 0 Å². The third-order valence-corrected chi connectivity index (χ3v) is 13.0. The summed E-state index contributed by atoms with van der Waals surface area (Å²) in [6, 6.07) is 0. The van der Waals surface area contributed by atoms with Gasteiger partial charge in [0.1, 0.15) is 13.2 Å². The molecule has 0 saturated heterocycles. The number of esters is 3. The van der Waals surface area contributed by atoms with E-state index in [2.05, 4.69) is 34.6 Å². The van der Waals surface area contributed by atoms with Gasteiger partial charge in [-0.1, -0.05) is 279 Å². The highest BCUT2D eigenvalue weighted by atomic mass is 16.6. The second kappa shape index (κ2) is 49.8. The second-order valence-corrected chi connectivity index (χ2v) is 20.5. The first kappa shape index (κ1) is 61.4. The predicted octanol–water partition coefficient (Wildman–Crippen LogP) is 18.5. The Morgan fingerprint density at radius 1 is 0.302 bits per heavy atom. The van der Waals surface area contributed by atoms with Crippen molar-refractivity contribution in [2.24, 2.45) is 11.8 Å². The minimum atomic E-state index is -0.762. The fraction of sp³-hybridized carbons (Fsp3) is 0.947. The van der Waals surface area contributed by atoms with Crippen molar-refractivity contribution >= 4 is 17.9 Å². The summed E-state index contributed by atoms with van der Waals surface area (Å²) in [7, 11) is 0. The smallest absolute Gasteiger partial charge is 0.306 e. The zero-order valence-electron chi connectivity index (χ0n) is 43.2. The van der Waals surface area contributed by atoms with Gasteiger partial charge >= 0.3 is 17.9 Å². The molecule has 0 aliphatic rings. The minimum Gasteiger partial charge on any atom is -0.462 e. The molecule has 0 aromatic carbocycles. The van der Waals surface area contributed by atoms with Gasteiger partial charge in [-0.3, -0.25) is 14.4 Å². The van der Waals surface area contributed by atoms with Crippen LogP contribution in [-0.4, -0.2) is 37.2 Å². The topological polar surface area (TPSA) is 78.9 Å². The Bertz CT molecular complexity index is 962. The Balaban J connectivity index is 4.27. The fourth-order valence-corrected chi connectivity index (χ4v) is 8.70. The van der Waals surface area contributed by atoms with Gasteiger partial charge in [0.05, 0.1) is 0 Å². The number of unbranched alkanes of at least 4 members (excludes halogenated alkanes) is 36. The molecule has 6 nitrogen and oxygen atoms in total. The third kappa shape index (κ3) is 51.3. The lowest BCUT2D eigenvalue weighted by Gasteiger charge is -2.18. The summed E-state index contributed by atoms with van der Waals surface area (Å²) in [6.45, 7) is 11.4. The molecule has 6 heteroatoms. The second-order valence-electron chi connectivity index (χ2n) is 20.5. The highest BCUT2D eigenvalue weighted by Gasteiger charge is 2.19. The van der Waals surface area contributed by atoms with Crippen molar-refractivity contribution in [3.05, 3.63) is 0 Å². The van der Waals surface area contributed by atoms with E-state index in [9.17, 15) is 14.4 Å². The van der Waals surface area contributed by atoms with Crippen LogP contribution >= 0.6 is 0 Å². The van der Waals surface area contributed by atoms with Gasteiger partial charge in [0, 0.05) is 19.3 Å². The van der Waals surface area contributed by atoms with E-state index >= 15 is 0 Å². The van der Waals surface area contributed by atoms with Gasteiger partial charge in [0.2, 0.25) is 0 Å².